The highest BCUT2D eigenvalue weighted by molar-refractivity contribution is 5.82. The molecule has 17 heavy (non-hydrogen) atoms. The molecule has 0 heterocycles. The Labute approximate surface area is 103 Å². The van der Waals surface area contributed by atoms with Gasteiger partial charge in [0.05, 0.1) is 0 Å². The van der Waals surface area contributed by atoms with Crippen LogP contribution in [0.3, 0.4) is 0 Å². The molecule has 0 amide bonds. The molecule has 0 unspecified atom stereocenters. The van der Waals surface area contributed by atoms with E-state index in [1.165, 1.54) is 44.5 Å². The summed E-state index contributed by atoms with van der Waals surface area (Å²) in [6, 6.07) is 9.24. The Morgan fingerprint density at radius 1 is 0.529 bits per heavy atom. The number of rotatable bonds is 0. The monoisotopic (exact) mass is 221 g/mol. The van der Waals surface area contributed by atoms with Gasteiger partial charge in [-0.15, -0.1) is 0 Å². The van der Waals surface area contributed by atoms with Crippen molar-refractivity contribution in [2.24, 2.45) is 0 Å². The van der Waals surface area contributed by atoms with Gasteiger partial charge >= 0.3 is 0 Å². The second kappa shape index (κ2) is 3.46. The topological polar surface area (TPSA) is 0 Å². The average Bonchev–Trinajstić information content (AvgIpc) is 2.58. The first kappa shape index (κ1) is 10.6. The van der Waals surface area contributed by atoms with Crippen molar-refractivity contribution in [3.8, 4) is 11.1 Å². The van der Waals surface area contributed by atoms with Gasteiger partial charge in [-0.2, -0.15) is 0 Å². The number of fused-ring (bicyclic) bond motifs is 3. The fourth-order valence-electron chi connectivity index (χ4n) is 2.55. The van der Waals surface area contributed by atoms with Crippen molar-refractivity contribution in [3.63, 3.8) is 0 Å². The molecule has 0 fully saturated rings. The third-order valence-electron chi connectivity index (χ3n) is 3.93. The lowest BCUT2D eigenvalue weighted by Gasteiger charge is -2.07. The molecule has 0 saturated heterocycles. The van der Waals surface area contributed by atoms with Crippen molar-refractivity contribution in [1.82, 2.24) is 0 Å². The number of benzene rings is 2. The summed E-state index contributed by atoms with van der Waals surface area (Å²) in [6.45, 7) is 8.75. The molecule has 0 nitrogen and oxygen atoms in total. The van der Waals surface area contributed by atoms with Gasteiger partial charge in [0, 0.05) is 6.42 Å². The molecule has 0 aliphatic heterocycles. The maximum atomic E-state index is 2.32. The quantitative estimate of drug-likeness (QED) is 0.524. The second-order valence-corrected chi connectivity index (χ2v) is 5.19. The van der Waals surface area contributed by atoms with Gasteiger partial charge in [-0.3, -0.25) is 0 Å². The minimum absolute atomic E-state index is 1.37. The molecule has 3 rings (SSSR count). The van der Waals surface area contributed by atoms with Crippen molar-refractivity contribution in [2.45, 2.75) is 27.7 Å². The van der Waals surface area contributed by atoms with Gasteiger partial charge in [0.15, 0.2) is 0 Å². The fraction of sp³-hybridized carbons (Fsp3) is 0.235. The third-order valence-corrected chi connectivity index (χ3v) is 3.93. The highest BCUT2D eigenvalue weighted by atomic mass is 14.2. The van der Waals surface area contributed by atoms with E-state index in [-0.39, 0.29) is 0 Å². The Morgan fingerprint density at radius 3 is 1.29 bits per heavy atom. The molecular weight excluding hydrogens is 204 g/mol. The molecule has 0 spiro atoms. The van der Waals surface area contributed by atoms with E-state index in [9.17, 15) is 0 Å². The molecule has 0 aromatic heterocycles. The molecule has 0 bridgehead atoms. The molecule has 1 aliphatic rings. The Hall–Kier alpha value is -1.56. The minimum atomic E-state index is 1.37. The SMILES string of the molecule is Cc1cc2c(cc1C)-c1cc(C)c(C)cc1[CH]2. The van der Waals surface area contributed by atoms with Crippen LogP contribution in [-0.2, 0) is 0 Å². The lowest BCUT2D eigenvalue weighted by atomic mass is 9.98. The van der Waals surface area contributed by atoms with Crippen molar-refractivity contribution < 1.29 is 0 Å². The molecule has 1 aliphatic carbocycles. The molecule has 0 N–H and O–H groups in total. The molecule has 2 aromatic rings. The van der Waals surface area contributed by atoms with Crippen LogP contribution < -0.4 is 0 Å². The van der Waals surface area contributed by atoms with E-state index < -0.39 is 0 Å². The van der Waals surface area contributed by atoms with Crippen LogP contribution >= 0.6 is 0 Å². The summed E-state index contributed by atoms with van der Waals surface area (Å²) in [5.74, 6) is 0. The van der Waals surface area contributed by atoms with E-state index in [0.717, 1.165) is 0 Å². The van der Waals surface area contributed by atoms with E-state index in [2.05, 4.69) is 58.4 Å². The van der Waals surface area contributed by atoms with Crippen molar-refractivity contribution in [1.29, 1.82) is 0 Å². The van der Waals surface area contributed by atoms with Crippen LogP contribution in [0.1, 0.15) is 33.4 Å². The van der Waals surface area contributed by atoms with Crippen LogP contribution in [0.4, 0.5) is 0 Å². The molecular formula is C17H17. The Morgan fingerprint density at radius 2 is 0.882 bits per heavy atom. The lowest BCUT2D eigenvalue weighted by molar-refractivity contribution is 1.33. The summed E-state index contributed by atoms with van der Waals surface area (Å²) in [6.07, 6.45) is 2.31. The van der Waals surface area contributed by atoms with Crippen LogP contribution in [0, 0.1) is 34.1 Å². The van der Waals surface area contributed by atoms with Crippen molar-refractivity contribution in [2.75, 3.05) is 0 Å². The molecule has 1 radical (unpaired) electrons. The van der Waals surface area contributed by atoms with Gasteiger partial charge in [-0.05, 0) is 72.2 Å². The van der Waals surface area contributed by atoms with Gasteiger partial charge < -0.3 is 0 Å². The van der Waals surface area contributed by atoms with Gasteiger partial charge in [-0.25, -0.2) is 0 Å². The summed E-state index contributed by atoms with van der Waals surface area (Å²) in [7, 11) is 0. The van der Waals surface area contributed by atoms with Crippen LogP contribution in [0.25, 0.3) is 11.1 Å². The molecule has 0 heteroatoms. The summed E-state index contributed by atoms with van der Waals surface area (Å²) in [4.78, 5) is 0. The maximum absolute atomic E-state index is 2.32. The maximum Gasteiger partial charge on any atom is 0.0212 e. The van der Waals surface area contributed by atoms with E-state index in [1.807, 2.05) is 0 Å². The minimum Gasteiger partial charge on any atom is -0.0546 e. The van der Waals surface area contributed by atoms with E-state index in [0.29, 0.717) is 0 Å². The Bertz CT molecular complexity index is 563. The predicted molar refractivity (Wildman–Crippen MR) is 73.3 cm³/mol. The van der Waals surface area contributed by atoms with Crippen molar-refractivity contribution >= 4 is 0 Å². The highest BCUT2D eigenvalue weighted by Gasteiger charge is 2.20. The second-order valence-electron chi connectivity index (χ2n) is 5.19. The lowest BCUT2D eigenvalue weighted by Crippen LogP contribution is -1.86. The first-order valence-electron chi connectivity index (χ1n) is 6.14. The van der Waals surface area contributed by atoms with Crippen molar-refractivity contribution in [3.05, 3.63) is 64.1 Å². The molecule has 2 aromatic carbocycles. The average molecular weight is 221 g/mol. The van der Waals surface area contributed by atoms with Crippen LogP contribution in [-0.4, -0.2) is 0 Å². The van der Waals surface area contributed by atoms with E-state index >= 15 is 0 Å². The largest absolute Gasteiger partial charge is 0.0546 e. The predicted octanol–water partition coefficient (Wildman–Crippen LogP) is 4.50. The van der Waals surface area contributed by atoms with Crippen LogP contribution in [0.5, 0.6) is 0 Å². The van der Waals surface area contributed by atoms with Gasteiger partial charge in [0.2, 0.25) is 0 Å². The van der Waals surface area contributed by atoms with Crippen LogP contribution in [0.2, 0.25) is 0 Å². The van der Waals surface area contributed by atoms with Gasteiger partial charge in [-0.1, -0.05) is 24.3 Å². The van der Waals surface area contributed by atoms with Crippen LogP contribution in [0.15, 0.2) is 24.3 Å². The first-order chi connectivity index (χ1) is 8.06. The Kier molecular flexibility index (Phi) is 2.16. The summed E-state index contributed by atoms with van der Waals surface area (Å²) in [5.41, 5.74) is 11.0. The first-order valence-corrected chi connectivity index (χ1v) is 6.14. The summed E-state index contributed by atoms with van der Waals surface area (Å²) < 4.78 is 0. The normalized spacial score (nSPS) is 12.5. The molecule has 0 atom stereocenters. The third kappa shape index (κ3) is 1.51. The number of hydrogen-bond acceptors (Lipinski definition) is 0. The van der Waals surface area contributed by atoms with Gasteiger partial charge in [0.1, 0.15) is 0 Å². The molecule has 85 valence electrons. The zero-order chi connectivity index (χ0) is 12.2. The fourth-order valence-corrected chi connectivity index (χ4v) is 2.55. The number of hydrogen-bond donors (Lipinski definition) is 0. The standard InChI is InChI=1S/C17H17/c1-10-5-14-9-15-6-11(2)13(4)8-17(15)16(14)7-12(10)3/h5-9H,1-4H3. The highest BCUT2D eigenvalue weighted by Crippen LogP contribution is 2.40. The smallest absolute Gasteiger partial charge is 0.0212 e. The van der Waals surface area contributed by atoms with E-state index in [4.69, 9.17) is 0 Å². The molecule has 0 saturated carbocycles. The number of aryl methyl sites for hydroxylation is 4. The Balaban J connectivity index is 2.27. The van der Waals surface area contributed by atoms with Gasteiger partial charge in [0.25, 0.3) is 0 Å². The zero-order valence-electron chi connectivity index (χ0n) is 10.9. The summed E-state index contributed by atoms with van der Waals surface area (Å²) >= 11 is 0. The van der Waals surface area contributed by atoms with E-state index in [1.54, 1.807) is 0 Å². The zero-order valence-corrected chi connectivity index (χ0v) is 10.9. The summed E-state index contributed by atoms with van der Waals surface area (Å²) in [5, 5.41) is 0.